The summed E-state index contributed by atoms with van der Waals surface area (Å²) in [6.45, 7) is 9.67. The van der Waals surface area contributed by atoms with Crippen LogP contribution in [0, 0.1) is 0 Å². The van der Waals surface area contributed by atoms with Crippen LogP contribution in [-0.2, 0) is 0 Å². The predicted octanol–water partition coefficient (Wildman–Crippen LogP) is 1.73. The van der Waals surface area contributed by atoms with Gasteiger partial charge in [-0.2, -0.15) is 0 Å². The molecule has 0 rings (SSSR count). The molecule has 0 aliphatic heterocycles. The topological polar surface area (TPSA) is 12.0 Å². The molecule has 0 spiro atoms. The van der Waals surface area contributed by atoms with Crippen LogP contribution in [0.4, 0.5) is 0 Å². The number of hydrogen-bond donors (Lipinski definition) is 1. The molecule has 1 N–H and O–H groups in total. The third-order valence-electron chi connectivity index (χ3n) is 0.925. The standard InChI is InChI=1S/C8H15N/c1-4-5-6-9-7-8(2)3/h4-5,9H,2,6-7H2,1,3H3/b5-4+. The van der Waals surface area contributed by atoms with E-state index in [1.54, 1.807) is 0 Å². The Balaban J connectivity index is 3.01. The van der Waals surface area contributed by atoms with Gasteiger partial charge in [-0.1, -0.05) is 24.3 Å². The summed E-state index contributed by atoms with van der Waals surface area (Å²) in [4.78, 5) is 0. The molecule has 0 saturated heterocycles. The van der Waals surface area contributed by atoms with E-state index in [1.807, 2.05) is 19.9 Å². The Morgan fingerprint density at radius 2 is 2.33 bits per heavy atom. The molecule has 0 fully saturated rings. The molecule has 0 aromatic carbocycles. The average Bonchev–Trinajstić information content (AvgIpc) is 1.80. The van der Waals surface area contributed by atoms with E-state index in [1.165, 1.54) is 5.57 Å². The lowest BCUT2D eigenvalue weighted by atomic mass is 10.3. The largest absolute Gasteiger partial charge is 0.310 e. The Bertz CT molecular complexity index is 103. The summed E-state index contributed by atoms with van der Waals surface area (Å²) in [5, 5.41) is 3.20. The van der Waals surface area contributed by atoms with Crippen LogP contribution < -0.4 is 5.32 Å². The summed E-state index contributed by atoms with van der Waals surface area (Å²) in [6.07, 6.45) is 4.12. The minimum atomic E-state index is 0.921. The van der Waals surface area contributed by atoms with Crippen LogP contribution in [0.2, 0.25) is 0 Å². The van der Waals surface area contributed by atoms with Gasteiger partial charge in [0.25, 0.3) is 0 Å². The number of rotatable bonds is 4. The molecule has 0 unspecified atom stereocenters. The molecular weight excluding hydrogens is 110 g/mol. The highest BCUT2D eigenvalue weighted by atomic mass is 14.8. The molecule has 9 heavy (non-hydrogen) atoms. The Labute approximate surface area is 57.5 Å². The van der Waals surface area contributed by atoms with E-state index < -0.39 is 0 Å². The van der Waals surface area contributed by atoms with Crippen LogP contribution in [0.3, 0.4) is 0 Å². The molecule has 0 aliphatic carbocycles. The van der Waals surface area contributed by atoms with Crippen molar-refractivity contribution in [2.75, 3.05) is 13.1 Å². The summed E-state index contributed by atoms with van der Waals surface area (Å²) in [5.41, 5.74) is 1.18. The first kappa shape index (κ1) is 8.44. The van der Waals surface area contributed by atoms with Gasteiger partial charge in [0.05, 0.1) is 0 Å². The van der Waals surface area contributed by atoms with Crippen molar-refractivity contribution < 1.29 is 0 Å². The molecule has 52 valence electrons. The molecule has 1 nitrogen and oxygen atoms in total. The van der Waals surface area contributed by atoms with Crippen molar-refractivity contribution in [2.24, 2.45) is 0 Å². The van der Waals surface area contributed by atoms with Crippen molar-refractivity contribution in [1.29, 1.82) is 0 Å². The summed E-state index contributed by atoms with van der Waals surface area (Å²) >= 11 is 0. The van der Waals surface area contributed by atoms with E-state index in [2.05, 4.69) is 18.0 Å². The van der Waals surface area contributed by atoms with E-state index in [0.717, 1.165) is 13.1 Å². The molecule has 0 aliphatic rings. The van der Waals surface area contributed by atoms with Crippen LogP contribution in [-0.4, -0.2) is 13.1 Å². The van der Waals surface area contributed by atoms with E-state index >= 15 is 0 Å². The van der Waals surface area contributed by atoms with Gasteiger partial charge < -0.3 is 5.32 Å². The van der Waals surface area contributed by atoms with Crippen LogP contribution in [0.25, 0.3) is 0 Å². The zero-order chi connectivity index (χ0) is 7.11. The molecule has 0 radical (unpaired) electrons. The van der Waals surface area contributed by atoms with Crippen LogP contribution in [0.15, 0.2) is 24.3 Å². The first-order valence-electron chi connectivity index (χ1n) is 3.23. The smallest absolute Gasteiger partial charge is 0.0162 e. The third-order valence-corrected chi connectivity index (χ3v) is 0.925. The number of allylic oxidation sites excluding steroid dienone is 1. The van der Waals surface area contributed by atoms with Gasteiger partial charge in [0.15, 0.2) is 0 Å². The fraction of sp³-hybridized carbons (Fsp3) is 0.500. The maximum Gasteiger partial charge on any atom is 0.0162 e. The highest BCUT2D eigenvalue weighted by molar-refractivity contribution is 4.92. The lowest BCUT2D eigenvalue weighted by Crippen LogP contribution is -2.15. The molecule has 0 atom stereocenters. The zero-order valence-corrected chi connectivity index (χ0v) is 6.28. The van der Waals surface area contributed by atoms with Gasteiger partial charge in [-0.3, -0.25) is 0 Å². The van der Waals surface area contributed by atoms with E-state index in [-0.39, 0.29) is 0 Å². The summed E-state index contributed by atoms with van der Waals surface area (Å²) in [5.74, 6) is 0. The Morgan fingerprint density at radius 3 is 2.78 bits per heavy atom. The molecule has 0 bridgehead atoms. The SMILES string of the molecule is C=C(C)CNC/C=C/C. The predicted molar refractivity (Wildman–Crippen MR) is 42.5 cm³/mol. The van der Waals surface area contributed by atoms with Gasteiger partial charge in [0.2, 0.25) is 0 Å². The average molecular weight is 125 g/mol. The van der Waals surface area contributed by atoms with Gasteiger partial charge in [0, 0.05) is 13.1 Å². The van der Waals surface area contributed by atoms with Crippen molar-refractivity contribution in [3.63, 3.8) is 0 Å². The summed E-state index contributed by atoms with van der Waals surface area (Å²) < 4.78 is 0. The van der Waals surface area contributed by atoms with Gasteiger partial charge in [-0.15, -0.1) is 0 Å². The van der Waals surface area contributed by atoms with Gasteiger partial charge in [0.1, 0.15) is 0 Å². The van der Waals surface area contributed by atoms with E-state index in [9.17, 15) is 0 Å². The van der Waals surface area contributed by atoms with Gasteiger partial charge in [-0.25, -0.2) is 0 Å². The summed E-state index contributed by atoms with van der Waals surface area (Å²) in [7, 11) is 0. The Hall–Kier alpha value is -0.560. The van der Waals surface area contributed by atoms with Crippen molar-refractivity contribution >= 4 is 0 Å². The first-order valence-corrected chi connectivity index (χ1v) is 3.23. The number of nitrogens with one attached hydrogen (secondary N) is 1. The second kappa shape index (κ2) is 5.57. The minimum absolute atomic E-state index is 0.921. The maximum atomic E-state index is 3.77. The van der Waals surface area contributed by atoms with E-state index in [0.29, 0.717) is 0 Å². The first-order chi connectivity index (χ1) is 4.27. The second-order valence-electron chi connectivity index (χ2n) is 2.16. The van der Waals surface area contributed by atoms with Crippen molar-refractivity contribution in [3.05, 3.63) is 24.3 Å². The molecule has 0 aromatic heterocycles. The van der Waals surface area contributed by atoms with Gasteiger partial charge >= 0.3 is 0 Å². The summed E-state index contributed by atoms with van der Waals surface area (Å²) in [6, 6.07) is 0. The zero-order valence-electron chi connectivity index (χ0n) is 6.28. The van der Waals surface area contributed by atoms with Crippen LogP contribution >= 0.6 is 0 Å². The van der Waals surface area contributed by atoms with E-state index in [4.69, 9.17) is 0 Å². The van der Waals surface area contributed by atoms with Crippen molar-refractivity contribution in [2.45, 2.75) is 13.8 Å². The monoisotopic (exact) mass is 125 g/mol. The number of hydrogen-bond acceptors (Lipinski definition) is 1. The van der Waals surface area contributed by atoms with Gasteiger partial charge in [-0.05, 0) is 13.8 Å². The Morgan fingerprint density at radius 1 is 1.67 bits per heavy atom. The second-order valence-corrected chi connectivity index (χ2v) is 2.16. The highest BCUT2D eigenvalue weighted by Crippen LogP contribution is 1.80. The lowest BCUT2D eigenvalue weighted by molar-refractivity contribution is 0.816. The maximum absolute atomic E-state index is 3.77. The molecule has 0 aromatic rings. The minimum Gasteiger partial charge on any atom is -0.310 e. The molecule has 1 heteroatoms. The molecule has 0 amide bonds. The quantitative estimate of drug-likeness (QED) is 0.445. The van der Waals surface area contributed by atoms with Crippen LogP contribution in [0.5, 0.6) is 0 Å². The fourth-order valence-corrected chi connectivity index (χ4v) is 0.487. The van der Waals surface area contributed by atoms with Crippen LogP contribution in [0.1, 0.15) is 13.8 Å². The Kier molecular flexibility index (Phi) is 5.23. The van der Waals surface area contributed by atoms with Crippen molar-refractivity contribution in [3.8, 4) is 0 Å². The van der Waals surface area contributed by atoms with Crippen molar-refractivity contribution in [1.82, 2.24) is 5.32 Å². The fourth-order valence-electron chi connectivity index (χ4n) is 0.487. The lowest BCUT2D eigenvalue weighted by Gasteiger charge is -1.97. The molecular formula is C8H15N. The highest BCUT2D eigenvalue weighted by Gasteiger charge is 1.80. The third kappa shape index (κ3) is 7.44. The normalized spacial score (nSPS) is 10.4. The molecule has 0 saturated carbocycles. The molecule has 0 heterocycles.